The van der Waals surface area contributed by atoms with Crippen LogP contribution in [0.15, 0.2) is 35.5 Å². The van der Waals surface area contributed by atoms with Gasteiger partial charge in [0.05, 0.1) is 6.54 Å². The minimum atomic E-state index is -2.38. The van der Waals surface area contributed by atoms with Crippen molar-refractivity contribution >= 4 is 11.8 Å². The highest BCUT2D eigenvalue weighted by atomic mass is 32.2. The van der Waals surface area contributed by atoms with E-state index in [0.717, 1.165) is 11.4 Å². The van der Waals surface area contributed by atoms with E-state index in [2.05, 4.69) is 15.4 Å². The van der Waals surface area contributed by atoms with Crippen LogP contribution in [0.4, 0.5) is 8.78 Å². The van der Waals surface area contributed by atoms with Crippen LogP contribution in [0.3, 0.4) is 0 Å². The van der Waals surface area contributed by atoms with Crippen molar-refractivity contribution in [2.75, 3.05) is 0 Å². The molecule has 1 N–H and O–H groups in total. The Bertz CT molecular complexity index is 542. The Balaban J connectivity index is 1.92. The molecule has 0 aliphatic carbocycles. The van der Waals surface area contributed by atoms with Crippen LogP contribution in [0, 0.1) is 0 Å². The van der Waals surface area contributed by atoms with Crippen molar-refractivity contribution in [3.63, 3.8) is 0 Å². The van der Waals surface area contributed by atoms with Crippen LogP contribution in [0.5, 0.6) is 0 Å². The normalized spacial score (nSPS) is 12.8. The molecule has 0 saturated heterocycles. The second kappa shape index (κ2) is 6.81. The molecule has 2 aromatic rings. The minimum absolute atomic E-state index is 0.109. The number of benzene rings is 1. The lowest BCUT2D eigenvalue weighted by atomic mass is 10.1. The molecule has 0 bridgehead atoms. The van der Waals surface area contributed by atoms with Crippen molar-refractivity contribution in [1.82, 2.24) is 20.1 Å². The predicted octanol–water partition coefficient (Wildman–Crippen LogP) is 2.98. The summed E-state index contributed by atoms with van der Waals surface area (Å²) < 4.78 is 26.2. The summed E-state index contributed by atoms with van der Waals surface area (Å²) in [4.78, 5) is 4.70. The molecule has 2 rings (SSSR count). The molecule has 0 aliphatic heterocycles. The zero-order valence-corrected chi connectivity index (χ0v) is 12.1. The highest BCUT2D eigenvalue weighted by Gasteiger charge is 2.09. The number of thioether (sulfide) groups is 1. The maximum atomic E-state index is 12.2. The molecule has 108 valence electrons. The number of hydrogen-bond donors (Lipinski definition) is 1. The van der Waals surface area contributed by atoms with Crippen molar-refractivity contribution in [2.45, 2.75) is 30.2 Å². The first-order chi connectivity index (χ1) is 9.56. The van der Waals surface area contributed by atoms with Gasteiger partial charge in [0.1, 0.15) is 12.2 Å². The number of rotatable bonds is 6. The summed E-state index contributed by atoms with van der Waals surface area (Å²) in [6, 6.07) is 7.26. The topological polar surface area (TPSA) is 42.7 Å². The second-order valence-electron chi connectivity index (χ2n) is 4.35. The molecule has 0 radical (unpaired) electrons. The third-order valence-corrected chi connectivity index (χ3v) is 3.70. The quantitative estimate of drug-likeness (QED) is 0.833. The van der Waals surface area contributed by atoms with Gasteiger partial charge in [-0.1, -0.05) is 23.9 Å². The largest absolute Gasteiger partial charge is 0.303 e. The van der Waals surface area contributed by atoms with E-state index in [0.29, 0.717) is 23.2 Å². The number of halogens is 2. The minimum Gasteiger partial charge on any atom is -0.303 e. The third kappa shape index (κ3) is 4.01. The maximum absolute atomic E-state index is 12.2. The van der Waals surface area contributed by atoms with Crippen LogP contribution < -0.4 is 5.32 Å². The molecular formula is C13H16F2N4S. The van der Waals surface area contributed by atoms with Crippen molar-refractivity contribution in [2.24, 2.45) is 7.05 Å². The van der Waals surface area contributed by atoms with Crippen molar-refractivity contribution in [3.05, 3.63) is 42.0 Å². The summed E-state index contributed by atoms with van der Waals surface area (Å²) in [6.07, 6.45) is 1.51. The van der Waals surface area contributed by atoms with Crippen LogP contribution in [-0.2, 0) is 13.6 Å². The molecule has 0 amide bonds. The Hall–Kier alpha value is -1.47. The van der Waals surface area contributed by atoms with Gasteiger partial charge in [-0.2, -0.15) is 13.9 Å². The summed E-state index contributed by atoms with van der Waals surface area (Å²) >= 11 is 0.557. The smallest absolute Gasteiger partial charge is 0.288 e. The average Bonchev–Trinajstić information content (AvgIpc) is 2.82. The Labute approximate surface area is 120 Å². The molecule has 4 nitrogen and oxygen atoms in total. The van der Waals surface area contributed by atoms with E-state index in [1.54, 1.807) is 16.8 Å². The lowest BCUT2D eigenvalue weighted by Gasteiger charge is -2.14. The molecule has 0 unspecified atom stereocenters. The standard InChI is InChI=1S/C13H16F2N4S/c1-9(16-7-12-17-8-18-19(12)2)10-3-5-11(6-4-10)20-13(14)15/h3-6,8-9,13,16H,7H2,1-2H3/t9-/m1/s1. The van der Waals surface area contributed by atoms with Gasteiger partial charge in [-0.3, -0.25) is 4.68 Å². The fraction of sp³-hybridized carbons (Fsp3) is 0.385. The number of hydrogen-bond acceptors (Lipinski definition) is 4. The van der Waals surface area contributed by atoms with Gasteiger partial charge in [-0.25, -0.2) is 4.98 Å². The van der Waals surface area contributed by atoms with Crippen LogP contribution in [0.25, 0.3) is 0 Å². The third-order valence-electron chi connectivity index (χ3n) is 2.98. The summed E-state index contributed by atoms with van der Waals surface area (Å²) in [5, 5.41) is 7.32. The van der Waals surface area contributed by atoms with E-state index < -0.39 is 5.76 Å². The summed E-state index contributed by atoms with van der Waals surface area (Å²) in [7, 11) is 1.84. The number of nitrogens with one attached hydrogen (secondary N) is 1. The van der Waals surface area contributed by atoms with E-state index in [1.165, 1.54) is 6.33 Å². The summed E-state index contributed by atoms with van der Waals surface area (Å²) in [6.45, 7) is 2.62. The van der Waals surface area contributed by atoms with Crippen LogP contribution in [0.1, 0.15) is 24.4 Å². The zero-order chi connectivity index (χ0) is 14.5. The van der Waals surface area contributed by atoms with E-state index in [4.69, 9.17) is 0 Å². The second-order valence-corrected chi connectivity index (χ2v) is 5.41. The molecule has 20 heavy (non-hydrogen) atoms. The first-order valence-electron chi connectivity index (χ1n) is 6.17. The van der Waals surface area contributed by atoms with Crippen molar-refractivity contribution < 1.29 is 8.78 Å². The van der Waals surface area contributed by atoms with Gasteiger partial charge in [-0.15, -0.1) is 0 Å². The van der Waals surface area contributed by atoms with Gasteiger partial charge in [0.15, 0.2) is 0 Å². The van der Waals surface area contributed by atoms with E-state index >= 15 is 0 Å². The number of alkyl halides is 2. The van der Waals surface area contributed by atoms with Gasteiger partial charge in [0.25, 0.3) is 5.76 Å². The molecule has 0 spiro atoms. The number of aromatic nitrogens is 3. The molecule has 1 aromatic carbocycles. The highest BCUT2D eigenvalue weighted by molar-refractivity contribution is 7.99. The van der Waals surface area contributed by atoms with E-state index in [-0.39, 0.29) is 6.04 Å². The Kier molecular flexibility index (Phi) is 5.08. The molecule has 0 saturated carbocycles. The maximum Gasteiger partial charge on any atom is 0.288 e. The first kappa shape index (κ1) is 14.9. The molecule has 7 heteroatoms. The van der Waals surface area contributed by atoms with Gasteiger partial charge < -0.3 is 5.32 Å². The predicted molar refractivity (Wildman–Crippen MR) is 74.6 cm³/mol. The molecule has 0 aliphatic rings. The Morgan fingerprint density at radius 2 is 2.00 bits per heavy atom. The monoisotopic (exact) mass is 298 g/mol. The fourth-order valence-corrected chi connectivity index (χ4v) is 2.28. The van der Waals surface area contributed by atoms with Gasteiger partial charge in [0, 0.05) is 18.0 Å². The molecule has 0 fully saturated rings. The molecule has 1 heterocycles. The first-order valence-corrected chi connectivity index (χ1v) is 7.05. The lowest BCUT2D eigenvalue weighted by molar-refractivity contribution is 0.252. The SMILES string of the molecule is C[C@@H](NCc1ncnn1C)c1ccc(SC(F)F)cc1. The van der Waals surface area contributed by atoms with Crippen LogP contribution >= 0.6 is 11.8 Å². The van der Waals surface area contributed by atoms with Gasteiger partial charge in [0.2, 0.25) is 0 Å². The van der Waals surface area contributed by atoms with Crippen LogP contribution in [-0.4, -0.2) is 20.5 Å². The molecular weight excluding hydrogens is 282 g/mol. The van der Waals surface area contributed by atoms with E-state index in [1.807, 2.05) is 26.1 Å². The van der Waals surface area contributed by atoms with Gasteiger partial charge >= 0.3 is 0 Å². The average molecular weight is 298 g/mol. The van der Waals surface area contributed by atoms with E-state index in [9.17, 15) is 8.78 Å². The van der Waals surface area contributed by atoms with Crippen LogP contribution in [0.2, 0.25) is 0 Å². The molecule has 1 aromatic heterocycles. The summed E-state index contributed by atoms with van der Waals surface area (Å²) in [5.41, 5.74) is 1.05. The Morgan fingerprint density at radius 1 is 1.30 bits per heavy atom. The lowest BCUT2D eigenvalue weighted by Crippen LogP contribution is -2.20. The van der Waals surface area contributed by atoms with Gasteiger partial charge in [-0.05, 0) is 24.6 Å². The van der Waals surface area contributed by atoms with Crippen molar-refractivity contribution in [1.29, 1.82) is 0 Å². The molecule has 1 atom stereocenters. The van der Waals surface area contributed by atoms with Crippen molar-refractivity contribution in [3.8, 4) is 0 Å². The fourth-order valence-electron chi connectivity index (χ4n) is 1.78. The zero-order valence-electron chi connectivity index (χ0n) is 11.3. The summed E-state index contributed by atoms with van der Waals surface area (Å²) in [5.74, 6) is -1.53. The number of aryl methyl sites for hydroxylation is 1. The highest BCUT2D eigenvalue weighted by Crippen LogP contribution is 2.26. The Morgan fingerprint density at radius 3 is 2.55 bits per heavy atom. The number of nitrogens with zero attached hydrogens (tertiary/aromatic N) is 3.